The highest BCUT2D eigenvalue weighted by molar-refractivity contribution is 7.92. The zero-order chi connectivity index (χ0) is 28.6. The van der Waals surface area contributed by atoms with Crippen molar-refractivity contribution in [3.05, 3.63) is 53.1 Å². The Hall–Kier alpha value is -2.98. The monoisotopic (exact) mass is 579 g/mol. The molecule has 214 valence electrons. The van der Waals surface area contributed by atoms with Gasteiger partial charge in [0.25, 0.3) is 0 Å². The first-order valence-corrected chi connectivity index (χ1v) is 15.5. The van der Waals surface area contributed by atoms with E-state index in [9.17, 15) is 18.0 Å². The number of carbonyl (C=O) groups is 2. The van der Waals surface area contributed by atoms with Crippen LogP contribution >= 0.6 is 11.6 Å². The molecule has 11 heteroatoms. The standard InChI is InChI=1S/C28H38ClN3O6S/c1-5-20(3)30-28(34)24(6-2)31(19-21-9-11-22(29)12-10-21)27(33)8-7-15-32(39(4,35)36)23-13-14-25-26(18-23)38-17-16-37-25/h9-14,18,20,24H,5-8,15-17,19H2,1-4H3,(H,30,34)/t20-,24-/m0/s1. The van der Waals surface area contributed by atoms with E-state index < -0.39 is 16.1 Å². The summed E-state index contributed by atoms with van der Waals surface area (Å²) < 4.78 is 37.7. The van der Waals surface area contributed by atoms with Gasteiger partial charge in [-0.05, 0) is 56.0 Å². The van der Waals surface area contributed by atoms with Gasteiger partial charge in [0, 0.05) is 36.6 Å². The van der Waals surface area contributed by atoms with Crippen molar-refractivity contribution < 1.29 is 27.5 Å². The number of benzene rings is 2. The predicted octanol–water partition coefficient (Wildman–Crippen LogP) is 4.38. The number of nitrogens with one attached hydrogen (secondary N) is 1. The van der Waals surface area contributed by atoms with Gasteiger partial charge in [0.2, 0.25) is 21.8 Å². The zero-order valence-corrected chi connectivity index (χ0v) is 24.6. The van der Waals surface area contributed by atoms with Crippen LogP contribution in [0, 0.1) is 0 Å². The van der Waals surface area contributed by atoms with Gasteiger partial charge in [-0.3, -0.25) is 13.9 Å². The van der Waals surface area contributed by atoms with Crippen molar-refractivity contribution in [1.82, 2.24) is 10.2 Å². The van der Waals surface area contributed by atoms with Crippen molar-refractivity contribution >= 4 is 39.1 Å². The molecule has 0 radical (unpaired) electrons. The van der Waals surface area contributed by atoms with Crippen molar-refractivity contribution in [1.29, 1.82) is 0 Å². The molecule has 0 unspecified atom stereocenters. The Labute approximate surface area is 236 Å². The van der Waals surface area contributed by atoms with Crippen LogP contribution in [0.5, 0.6) is 11.5 Å². The minimum Gasteiger partial charge on any atom is -0.486 e. The van der Waals surface area contributed by atoms with Crippen LogP contribution in [0.2, 0.25) is 5.02 Å². The number of ether oxygens (including phenoxy) is 2. The van der Waals surface area contributed by atoms with Crippen LogP contribution < -0.4 is 19.1 Å². The maximum Gasteiger partial charge on any atom is 0.243 e. The number of hydrogen-bond acceptors (Lipinski definition) is 6. The fourth-order valence-electron chi connectivity index (χ4n) is 4.34. The molecule has 0 aromatic heterocycles. The summed E-state index contributed by atoms with van der Waals surface area (Å²) in [6.07, 6.45) is 2.67. The van der Waals surface area contributed by atoms with Crippen molar-refractivity contribution in [2.45, 2.75) is 65.1 Å². The summed E-state index contributed by atoms with van der Waals surface area (Å²) in [7, 11) is -3.63. The summed E-state index contributed by atoms with van der Waals surface area (Å²) in [6.45, 7) is 6.93. The van der Waals surface area contributed by atoms with Gasteiger partial charge in [-0.15, -0.1) is 0 Å². The molecule has 1 aliphatic heterocycles. The van der Waals surface area contributed by atoms with Gasteiger partial charge in [0.05, 0.1) is 11.9 Å². The highest BCUT2D eigenvalue weighted by Crippen LogP contribution is 2.34. The Balaban J connectivity index is 1.77. The predicted molar refractivity (Wildman–Crippen MR) is 153 cm³/mol. The smallest absolute Gasteiger partial charge is 0.243 e. The maximum absolute atomic E-state index is 13.5. The van der Waals surface area contributed by atoms with E-state index in [4.69, 9.17) is 21.1 Å². The van der Waals surface area contributed by atoms with E-state index in [0.29, 0.717) is 41.8 Å². The van der Waals surface area contributed by atoms with Gasteiger partial charge in [-0.2, -0.15) is 0 Å². The molecule has 1 aliphatic rings. The van der Waals surface area contributed by atoms with E-state index in [0.717, 1.165) is 18.2 Å². The number of halogens is 1. The SMILES string of the molecule is CC[C@H](C)NC(=O)[C@H](CC)N(Cc1ccc(Cl)cc1)C(=O)CCCN(c1ccc2c(c1)OCCO2)S(C)(=O)=O. The molecule has 39 heavy (non-hydrogen) atoms. The van der Waals surface area contributed by atoms with Crippen LogP contribution in [0.15, 0.2) is 42.5 Å². The van der Waals surface area contributed by atoms with Crippen molar-refractivity contribution in [2.24, 2.45) is 0 Å². The molecule has 1 heterocycles. The number of amides is 2. The highest BCUT2D eigenvalue weighted by atomic mass is 35.5. The van der Waals surface area contributed by atoms with E-state index in [1.807, 2.05) is 32.9 Å². The molecule has 0 fully saturated rings. The summed E-state index contributed by atoms with van der Waals surface area (Å²) >= 11 is 6.04. The minimum atomic E-state index is -3.63. The molecule has 2 atom stereocenters. The van der Waals surface area contributed by atoms with Crippen LogP contribution in [0.4, 0.5) is 5.69 Å². The Kier molecular flexibility index (Phi) is 10.9. The van der Waals surface area contributed by atoms with E-state index >= 15 is 0 Å². The van der Waals surface area contributed by atoms with Crippen LogP contribution in [0.3, 0.4) is 0 Å². The number of anilines is 1. The molecule has 1 N–H and O–H groups in total. The quantitative estimate of drug-likeness (QED) is 0.378. The van der Waals surface area contributed by atoms with E-state index in [1.165, 1.54) is 4.31 Å². The normalized spacial score (nSPS) is 14.3. The first kappa shape index (κ1) is 30.6. The molecule has 3 rings (SSSR count). The first-order chi connectivity index (χ1) is 18.5. The van der Waals surface area contributed by atoms with Crippen molar-refractivity contribution in [2.75, 3.05) is 30.3 Å². The van der Waals surface area contributed by atoms with Gasteiger partial charge in [-0.25, -0.2) is 8.42 Å². The van der Waals surface area contributed by atoms with Gasteiger partial charge in [0.1, 0.15) is 19.3 Å². The second kappa shape index (κ2) is 13.9. The molecule has 0 aliphatic carbocycles. The molecule has 0 saturated carbocycles. The second-order valence-corrected chi connectivity index (χ2v) is 12.0. The van der Waals surface area contributed by atoms with Gasteiger partial charge >= 0.3 is 0 Å². The molecule has 0 bridgehead atoms. The Morgan fingerprint density at radius 2 is 1.69 bits per heavy atom. The second-order valence-electron chi connectivity index (χ2n) is 9.66. The first-order valence-electron chi connectivity index (χ1n) is 13.2. The molecule has 0 saturated heterocycles. The molecular weight excluding hydrogens is 542 g/mol. The third kappa shape index (κ3) is 8.50. The molecule has 2 aromatic carbocycles. The minimum absolute atomic E-state index is 0.0200. The topological polar surface area (TPSA) is 105 Å². The summed E-state index contributed by atoms with van der Waals surface area (Å²) in [5.41, 5.74) is 1.28. The van der Waals surface area contributed by atoms with Crippen molar-refractivity contribution in [3.63, 3.8) is 0 Å². The largest absolute Gasteiger partial charge is 0.486 e. The van der Waals surface area contributed by atoms with E-state index in [-0.39, 0.29) is 43.8 Å². The fraction of sp³-hybridized carbons (Fsp3) is 0.500. The maximum atomic E-state index is 13.5. The molecular formula is C28H38ClN3O6S. The van der Waals surface area contributed by atoms with Crippen LogP contribution in [0.1, 0.15) is 52.0 Å². The number of rotatable bonds is 13. The number of fused-ring (bicyclic) bond motifs is 1. The van der Waals surface area contributed by atoms with E-state index in [2.05, 4.69) is 5.32 Å². The summed E-state index contributed by atoms with van der Waals surface area (Å²) in [5, 5.41) is 3.57. The molecule has 9 nitrogen and oxygen atoms in total. The average molecular weight is 580 g/mol. The number of hydrogen-bond donors (Lipinski definition) is 1. The number of carbonyl (C=O) groups excluding carboxylic acids is 2. The van der Waals surface area contributed by atoms with Gasteiger partial charge < -0.3 is 19.7 Å². The van der Waals surface area contributed by atoms with Gasteiger partial charge in [-0.1, -0.05) is 37.6 Å². The molecule has 2 amide bonds. The summed E-state index contributed by atoms with van der Waals surface area (Å²) in [4.78, 5) is 28.2. The lowest BCUT2D eigenvalue weighted by atomic mass is 10.1. The molecule has 2 aromatic rings. The zero-order valence-electron chi connectivity index (χ0n) is 23.0. The van der Waals surface area contributed by atoms with E-state index in [1.54, 1.807) is 35.2 Å². The highest BCUT2D eigenvalue weighted by Gasteiger charge is 2.29. The number of nitrogens with zero attached hydrogens (tertiary/aromatic N) is 2. The van der Waals surface area contributed by atoms with Crippen LogP contribution in [-0.4, -0.2) is 63.2 Å². The summed E-state index contributed by atoms with van der Waals surface area (Å²) in [5.74, 6) is 0.610. The average Bonchev–Trinajstić information content (AvgIpc) is 2.90. The summed E-state index contributed by atoms with van der Waals surface area (Å²) in [6, 6.07) is 11.5. The van der Waals surface area contributed by atoms with Crippen molar-refractivity contribution in [3.8, 4) is 11.5 Å². The lowest BCUT2D eigenvalue weighted by molar-refractivity contribution is -0.141. The third-order valence-electron chi connectivity index (χ3n) is 6.62. The van der Waals surface area contributed by atoms with Crippen LogP contribution in [0.25, 0.3) is 0 Å². The Morgan fingerprint density at radius 1 is 1.03 bits per heavy atom. The Morgan fingerprint density at radius 3 is 2.31 bits per heavy atom. The lowest BCUT2D eigenvalue weighted by Gasteiger charge is -2.32. The third-order valence-corrected chi connectivity index (χ3v) is 8.07. The Bertz CT molecular complexity index is 1240. The van der Waals surface area contributed by atoms with Crippen LogP contribution in [-0.2, 0) is 26.2 Å². The number of sulfonamides is 1. The van der Waals surface area contributed by atoms with Gasteiger partial charge in [0.15, 0.2) is 11.5 Å². The lowest BCUT2D eigenvalue weighted by Crippen LogP contribution is -2.50. The molecule has 0 spiro atoms. The fourth-order valence-corrected chi connectivity index (χ4v) is 5.42.